The average molecular weight is 377 g/mol. The lowest BCUT2D eigenvalue weighted by Crippen LogP contribution is -2.43. The number of nitrogens with one attached hydrogen (secondary N) is 1. The van der Waals surface area contributed by atoms with E-state index in [4.69, 9.17) is 4.74 Å². The summed E-state index contributed by atoms with van der Waals surface area (Å²) < 4.78 is 6.35. The van der Waals surface area contributed by atoms with Crippen LogP contribution in [-0.2, 0) is 14.3 Å². The normalized spacial score (nSPS) is 12.0. The number of hydrogen-bond acceptors (Lipinski definition) is 7. The molecule has 1 aromatic heterocycles. The Morgan fingerprint density at radius 3 is 2.69 bits per heavy atom. The number of ether oxygens (including phenoxy) is 1. The SMILES string of the molecule is COC(=O)[C@H](CC(C)C)NC(=O)CSc1nnnn1-c1ccccc1C. The minimum absolute atomic E-state index is 0.0951. The van der Waals surface area contributed by atoms with E-state index < -0.39 is 12.0 Å². The molecule has 0 aliphatic heterocycles. The first-order valence-electron chi connectivity index (χ1n) is 8.26. The molecule has 1 N–H and O–H groups in total. The third-order valence-electron chi connectivity index (χ3n) is 3.64. The maximum atomic E-state index is 12.2. The number of tetrazole rings is 1. The van der Waals surface area contributed by atoms with Gasteiger partial charge in [-0.2, -0.15) is 4.68 Å². The van der Waals surface area contributed by atoms with Crippen LogP contribution in [0.3, 0.4) is 0 Å². The molecule has 0 aliphatic carbocycles. The lowest BCUT2D eigenvalue weighted by atomic mass is 10.0. The van der Waals surface area contributed by atoms with Crippen LogP contribution in [0.5, 0.6) is 0 Å². The first kappa shape index (κ1) is 19.9. The van der Waals surface area contributed by atoms with Gasteiger partial charge in [0.05, 0.1) is 18.6 Å². The first-order chi connectivity index (χ1) is 12.4. The molecule has 0 bridgehead atoms. The highest BCUT2D eigenvalue weighted by Gasteiger charge is 2.23. The summed E-state index contributed by atoms with van der Waals surface area (Å²) in [6.07, 6.45) is 0.518. The number of carbonyl (C=O) groups excluding carboxylic acids is 2. The van der Waals surface area contributed by atoms with Crippen molar-refractivity contribution < 1.29 is 14.3 Å². The molecule has 140 valence electrons. The van der Waals surface area contributed by atoms with Crippen molar-refractivity contribution in [3.8, 4) is 5.69 Å². The van der Waals surface area contributed by atoms with Gasteiger partial charge in [0, 0.05) is 0 Å². The Morgan fingerprint density at radius 2 is 2.04 bits per heavy atom. The van der Waals surface area contributed by atoms with Crippen molar-refractivity contribution in [2.45, 2.75) is 38.4 Å². The van der Waals surface area contributed by atoms with Gasteiger partial charge in [0.15, 0.2) is 0 Å². The van der Waals surface area contributed by atoms with Gasteiger partial charge in [-0.3, -0.25) is 4.79 Å². The van der Waals surface area contributed by atoms with E-state index in [1.165, 1.54) is 18.9 Å². The second-order valence-corrected chi connectivity index (χ2v) is 7.16. The second-order valence-electron chi connectivity index (χ2n) is 6.22. The van der Waals surface area contributed by atoms with Gasteiger partial charge in [-0.1, -0.05) is 43.8 Å². The molecule has 0 spiro atoms. The Balaban J connectivity index is 2.01. The van der Waals surface area contributed by atoms with Crippen molar-refractivity contribution in [1.82, 2.24) is 25.5 Å². The summed E-state index contributed by atoms with van der Waals surface area (Å²) in [6.45, 7) is 5.92. The molecule has 0 radical (unpaired) electrons. The number of benzene rings is 1. The summed E-state index contributed by atoms with van der Waals surface area (Å²) in [6, 6.07) is 7.06. The number of methoxy groups -OCH3 is 1. The number of carbonyl (C=O) groups is 2. The molecular formula is C17H23N5O3S. The predicted octanol–water partition coefficient (Wildman–Crippen LogP) is 1.77. The van der Waals surface area contributed by atoms with Gasteiger partial charge in [-0.25, -0.2) is 4.79 Å². The van der Waals surface area contributed by atoms with Crippen molar-refractivity contribution in [2.24, 2.45) is 5.92 Å². The minimum Gasteiger partial charge on any atom is -0.467 e. The average Bonchev–Trinajstić information content (AvgIpc) is 3.07. The van der Waals surface area contributed by atoms with Crippen molar-refractivity contribution in [3.05, 3.63) is 29.8 Å². The van der Waals surface area contributed by atoms with Gasteiger partial charge < -0.3 is 10.1 Å². The van der Waals surface area contributed by atoms with Gasteiger partial charge in [-0.15, -0.1) is 5.10 Å². The lowest BCUT2D eigenvalue weighted by Gasteiger charge is -2.18. The summed E-state index contributed by atoms with van der Waals surface area (Å²) in [5.74, 6) is -0.370. The number of rotatable bonds is 8. The van der Waals surface area contributed by atoms with Gasteiger partial charge >= 0.3 is 5.97 Å². The topological polar surface area (TPSA) is 99.0 Å². The fourth-order valence-electron chi connectivity index (χ4n) is 2.42. The number of aromatic nitrogens is 4. The molecule has 1 amide bonds. The smallest absolute Gasteiger partial charge is 0.328 e. The van der Waals surface area contributed by atoms with Gasteiger partial charge in [0.1, 0.15) is 6.04 Å². The number of esters is 1. The summed E-state index contributed by atoms with van der Waals surface area (Å²) in [5, 5.41) is 14.9. The molecule has 0 saturated carbocycles. The third kappa shape index (κ3) is 5.29. The van der Waals surface area contributed by atoms with Crippen LogP contribution in [-0.4, -0.2) is 51.0 Å². The van der Waals surface area contributed by atoms with Crippen molar-refractivity contribution in [3.63, 3.8) is 0 Å². The molecule has 0 saturated heterocycles. The first-order valence-corrected chi connectivity index (χ1v) is 9.25. The summed E-state index contributed by atoms with van der Waals surface area (Å²) in [7, 11) is 1.31. The number of para-hydroxylation sites is 1. The zero-order valence-corrected chi connectivity index (χ0v) is 16.1. The van der Waals surface area contributed by atoms with Crippen molar-refractivity contribution in [1.29, 1.82) is 0 Å². The van der Waals surface area contributed by atoms with E-state index in [0.717, 1.165) is 11.3 Å². The molecule has 1 aromatic carbocycles. The number of amides is 1. The Morgan fingerprint density at radius 1 is 1.31 bits per heavy atom. The van der Waals surface area contributed by atoms with E-state index in [9.17, 15) is 9.59 Å². The van der Waals surface area contributed by atoms with Crippen molar-refractivity contribution >= 4 is 23.6 Å². The Hall–Kier alpha value is -2.42. The highest BCUT2D eigenvalue weighted by atomic mass is 32.2. The van der Waals surface area contributed by atoms with E-state index in [2.05, 4.69) is 20.8 Å². The van der Waals surface area contributed by atoms with Crippen molar-refractivity contribution in [2.75, 3.05) is 12.9 Å². The fraction of sp³-hybridized carbons (Fsp3) is 0.471. The van der Waals surface area contributed by atoms with Crippen LogP contribution in [0.2, 0.25) is 0 Å². The maximum absolute atomic E-state index is 12.2. The monoisotopic (exact) mass is 377 g/mol. The van der Waals surface area contributed by atoms with E-state index in [1.54, 1.807) is 4.68 Å². The van der Waals surface area contributed by atoms with Crippen LogP contribution in [0, 0.1) is 12.8 Å². The van der Waals surface area contributed by atoms with Gasteiger partial charge in [0.25, 0.3) is 0 Å². The molecule has 2 aromatic rings. The molecule has 9 heteroatoms. The zero-order chi connectivity index (χ0) is 19.1. The van der Waals surface area contributed by atoms with Gasteiger partial charge in [0.2, 0.25) is 11.1 Å². The number of aryl methyl sites for hydroxylation is 1. The molecular weight excluding hydrogens is 354 g/mol. The number of nitrogens with zero attached hydrogens (tertiary/aromatic N) is 4. The standard InChI is InChI=1S/C17H23N5O3S/c1-11(2)9-13(16(24)25-4)18-15(23)10-26-17-19-20-21-22(17)14-8-6-5-7-12(14)3/h5-8,11,13H,9-10H2,1-4H3,(H,18,23)/t13-/m0/s1. The maximum Gasteiger partial charge on any atom is 0.328 e. The van der Waals surface area contributed by atoms with E-state index in [0.29, 0.717) is 11.6 Å². The molecule has 26 heavy (non-hydrogen) atoms. The van der Waals surface area contributed by atoms with Gasteiger partial charge in [-0.05, 0) is 41.3 Å². The Labute approximate surface area is 156 Å². The third-order valence-corrected chi connectivity index (χ3v) is 4.56. The number of thioether (sulfide) groups is 1. The Bertz CT molecular complexity index is 762. The van der Waals surface area contributed by atoms with Crippen LogP contribution in [0.15, 0.2) is 29.4 Å². The van der Waals surface area contributed by atoms with E-state index >= 15 is 0 Å². The molecule has 0 aliphatic rings. The quantitative estimate of drug-likeness (QED) is 0.553. The van der Waals surface area contributed by atoms with E-state index in [1.807, 2.05) is 45.0 Å². The minimum atomic E-state index is -0.652. The van der Waals surface area contributed by atoms with Crippen LogP contribution >= 0.6 is 11.8 Å². The zero-order valence-electron chi connectivity index (χ0n) is 15.3. The van der Waals surface area contributed by atoms with Crippen LogP contribution in [0.25, 0.3) is 5.69 Å². The largest absolute Gasteiger partial charge is 0.467 e. The van der Waals surface area contributed by atoms with E-state index in [-0.39, 0.29) is 17.6 Å². The highest BCUT2D eigenvalue weighted by Crippen LogP contribution is 2.20. The second kappa shape index (κ2) is 9.33. The highest BCUT2D eigenvalue weighted by molar-refractivity contribution is 7.99. The summed E-state index contributed by atoms with van der Waals surface area (Å²) in [5.41, 5.74) is 1.88. The Kier molecular flexibility index (Phi) is 7.14. The summed E-state index contributed by atoms with van der Waals surface area (Å²) in [4.78, 5) is 24.1. The molecule has 1 heterocycles. The number of hydrogen-bond donors (Lipinski definition) is 1. The molecule has 0 fully saturated rings. The molecule has 8 nitrogen and oxygen atoms in total. The van der Waals surface area contributed by atoms with Crippen LogP contribution in [0.4, 0.5) is 0 Å². The molecule has 0 unspecified atom stereocenters. The fourth-order valence-corrected chi connectivity index (χ4v) is 3.11. The van der Waals surface area contributed by atoms with Crippen LogP contribution in [0.1, 0.15) is 25.8 Å². The molecule has 2 rings (SSSR count). The molecule has 1 atom stereocenters. The summed E-state index contributed by atoms with van der Waals surface area (Å²) >= 11 is 1.21. The lowest BCUT2D eigenvalue weighted by molar-refractivity contribution is -0.145. The van der Waals surface area contributed by atoms with Crippen LogP contribution < -0.4 is 5.32 Å². The predicted molar refractivity (Wildman–Crippen MR) is 98.0 cm³/mol.